The fraction of sp³-hybridized carbons (Fsp3) is 0.364. The van der Waals surface area contributed by atoms with E-state index in [0.717, 1.165) is 5.56 Å². The number of alkyl halides is 3. The van der Waals surface area contributed by atoms with Gasteiger partial charge < -0.3 is 4.74 Å². The average molecular weight is 232 g/mol. The Kier molecular flexibility index (Phi) is 3.70. The van der Waals surface area contributed by atoms with Gasteiger partial charge in [-0.3, -0.25) is 4.79 Å². The van der Waals surface area contributed by atoms with Crippen molar-refractivity contribution in [1.29, 1.82) is 0 Å². The number of ketones is 1. The Morgan fingerprint density at radius 1 is 1.38 bits per heavy atom. The number of hydrogen-bond acceptors (Lipinski definition) is 2. The molecule has 0 radical (unpaired) electrons. The van der Waals surface area contributed by atoms with Gasteiger partial charge in [0.05, 0.1) is 6.61 Å². The first-order valence-corrected chi connectivity index (χ1v) is 4.56. The van der Waals surface area contributed by atoms with Crippen molar-refractivity contribution in [3.8, 4) is 0 Å². The van der Waals surface area contributed by atoms with Gasteiger partial charge >= 0.3 is 6.18 Å². The molecule has 0 amide bonds. The molecule has 0 saturated heterocycles. The molecular weight excluding hydrogens is 221 g/mol. The van der Waals surface area contributed by atoms with Crippen molar-refractivity contribution in [2.24, 2.45) is 0 Å². The molecule has 0 spiro atoms. The zero-order chi connectivity index (χ0) is 12.3. The smallest absolute Gasteiger partial charge is 0.380 e. The number of carbonyl (C=O) groups excluding carboxylic acids is 1. The molecule has 0 aromatic heterocycles. The van der Waals surface area contributed by atoms with E-state index in [9.17, 15) is 18.0 Å². The summed E-state index contributed by atoms with van der Waals surface area (Å²) in [7, 11) is 1.49. The van der Waals surface area contributed by atoms with Crippen LogP contribution in [0.4, 0.5) is 13.2 Å². The lowest BCUT2D eigenvalue weighted by Crippen LogP contribution is -2.23. The van der Waals surface area contributed by atoms with Crippen molar-refractivity contribution < 1.29 is 22.7 Å². The summed E-state index contributed by atoms with van der Waals surface area (Å²) < 4.78 is 41.4. The molecule has 0 aliphatic rings. The van der Waals surface area contributed by atoms with E-state index in [2.05, 4.69) is 0 Å². The van der Waals surface area contributed by atoms with Crippen LogP contribution in [-0.2, 0) is 11.3 Å². The molecule has 0 saturated carbocycles. The minimum atomic E-state index is -4.83. The molecule has 16 heavy (non-hydrogen) atoms. The predicted molar refractivity (Wildman–Crippen MR) is 52.3 cm³/mol. The summed E-state index contributed by atoms with van der Waals surface area (Å²) in [5, 5.41) is 0. The lowest BCUT2D eigenvalue weighted by atomic mass is 10.0. The van der Waals surface area contributed by atoms with Crippen LogP contribution < -0.4 is 0 Å². The van der Waals surface area contributed by atoms with Gasteiger partial charge in [0.25, 0.3) is 5.78 Å². The van der Waals surface area contributed by atoms with Crippen molar-refractivity contribution in [3.63, 3.8) is 0 Å². The summed E-state index contributed by atoms with van der Waals surface area (Å²) in [5.74, 6) is -1.81. The Balaban J connectivity index is 3.04. The maximum absolute atomic E-state index is 12.2. The molecule has 0 fully saturated rings. The van der Waals surface area contributed by atoms with Gasteiger partial charge in [-0.15, -0.1) is 0 Å². The second-order valence-electron chi connectivity index (χ2n) is 3.41. The molecule has 1 rings (SSSR count). The molecule has 0 atom stereocenters. The van der Waals surface area contributed by atoms with E-state index in [1.807, 2.05) is 0 Å². The Bertz CT molecular complexity index is 397. The number of Topliss-reactive ketones (excluding diaryl/α,β-unsaturated/α-hetero) is 1. The van der Waals surface area contributed by atoms with Crippen LogP contribution in [0.3, 0.4) is 0 Å². The molecular formula is C11H11F3O2. The molecule has 0 aliphatic carbocycles. The third-order valence-corrected chi connectivity index (χ3v) is 2.10. The Hall–Kier alpha value is -1.36. The molecule has 0 heterocycles. The fourth-order valence-electron chi connectivity index (χ4n) is 1.39. The minimum absolute atomic E-state index is 0.303. The van der Waals surface area contributed by atoms with Gasteiger partial charge in [0.2, 0.25) is 0 Å². The number of aryl methyl sites for hydroxylation is 1. The number of ether oxygens (including phenoxy) is 1. The lowest BCUT2D eigenvalue weighted by Gasteiger charge is -2.09. The van der Waals surface area contributed by atoms with E-state index in [-0.39, 0.29) is 5.56 Å². The van der Waals surface area contributed by atoms with Gasteiger partial charge in [-0.2, -0.15) is 13.2 Å². The van der Waals surface area contributed by atoms with E-state index in [1.54, 1.807) is 0 Å². The quantitative estimate of drug-likeness (QED) is 0.749. The number of methoxy groups -OCH3 is 1. The second kappa shape index (κ2) is 4.65. The zero-order valence-electron chi connectivity index (χ0n) is 8.89. The summed E-state index contributed by atoms with van der Waals surface area (Å²) in [6.07, 6.45) is -4.83. The summed E-state index contributed by atoms with van der Waals surface area (Å²) in [4.78, 5) is 11.0. The maximum atomic E-state index is 12.2. The molecule has 0 N–H and O–H groups in total. The van der Waals surface area contributed by atoms with Crippen LogP contribution in [0.2, 0.25) is 0 Å². The van der Waals surface area contributed by atoms with Crippen LogP contribution in [0, 0.1) is 6.92 Å². The van der Waals surface area contributed by atoms with Gasteiger partial charge in [-0.05, 0) is 18.1 Å². The number of hydrogen-bond donors (Lipinski definition) is 0. The monoisotopic (exact) mass is 232 g/mol. The summed E-state index contributed by atoms with van der Waals surface area (Å²) in [6.45, 7) is 1.78. The summed E-state index contributed by atoms with van der Waals surface area (Å²) >= 11 is 0. The van der Waals surface area contributed by atoms with E-state index in [0.29, 0.717) is 12.2 Å². The van der Waals surface area contributed by atoms with Crippen molar-refractivity contribution >= 4 is 5.78 Å². The SMILES string of the molecule is COCc1ccc(C(=O)C(F)(F)F)c(C)c1. The van der Waals surface area contributed by atoms with Crippen LogP contribution in [0.25, 0.3) is 0 Å². The maximum Gasteiger partial charge on any atom is 0.454 e. The molecule has 88 valence electrons. The van der Waals surface area contributed by atoms with Crippen molar-refractivity contribution in [1.82, 2.24) is 0 Å². The molecule has 0 aliphatic heterocycles. The third kappa shape index (κ3) is 2.82. The Morgan fingerprint density at radius 3 is 2.44 bits per heavy atom. The topological polar surface area (TPSA) is 26.3 Å². The van der Waals surface area contributed by atoms with Gasteiger partial charge in [0, 0.05) is 12.7 Å². The zero-order valence-corrected chi connectivity index (χ0v) is 8.89. The number of carbonyl (C=O) groups is 1. The van der Waals surface area contributed by atoms with E-state index >= 15 is 0 Å². The highest BCUT2D eigenvalue weighted by Gasteiger charge is 2.39. The van der Waals surface area contributed by atoms with Crippen LogP contribution >= 0.6 is 0 Å². The van der Waals surface area contributed by atoms with Crippen LogP contribution in [0.15, 0.2) is 18.2 Å². The van der Waals surface area contributed by atoms with Crippen LogP contribution in [0.5, 0.6) is 0 Å². The number of rotatable bonds is 3. The lowest BCUT2D eigenvalue weighted by molar-refractivity contribution is -0.0885. The number of halogens is 3. The predicted octanol–water partition coefficient (Wildman–Crippen LogP) is 2.89. The largest absolute Gasteiger partial charge is 0.454 e. The van der Waals surface area contributed by atoms with Crippen molar-refractivity contribution in [2.75, 3.05) is 7.11 Å². The highest BCUT2D eigenvalue weighted by Crippen LogP contribution is 2.24. The van der Waals surface area contributed by atoms with Gasteiger partial charge in [-0.25, -0.2) is 0 Å². The van der Waals surface area contributed by atoms with Crippen molar-refractivity contribution in [3.05, 3.63) is 34.9 Å². The van der Waals surface area contributed by atoms with Crippen LogP contribution in [-0.4, -0.2) is 19.1 Å². The molecule has 1 aromatic carbocycles. The van der Waals surface area contributed by atoms with Gasteiger partial charge in [-0.1, -0.05) is 18.2 Å². The summed E-state index contributed by atoms with van der Waals surface area (Å²) in [6, 6.07) is 4.15. The first-order valence-electron chi connectivity index (χ1n) is 4.56. The average Bonchev–Trinajstić information content (AvgIpc) is 2.16. The molecule has 2 nitrogen and oxygen atoms in total. The van der Waals surface area contributed by atoms with Gasteiger partial charge in [0.15, 0.2) is 0 Å². The third-order valence-electron chi connectivity index (χ3n) is 2.10. The molecule has 0 unspecified atom stereocenters. The molecule has 1 aromatic rings. The second-order valence-corrected chi connectivity index (χ2v) is 3.41. The highest BCUT2D eigenvalue weighted by molar-refractivity contribution is 6.01. The van der Waals surface area contributed by atoms with E-state index < -0.39 is 12.0 Å². The minimum Gasteiger partial charge on any atom is -0.380 e. The summed E-state index contributed by atoms with van der Waals surface area (Å²) in [5.41, 5.74) is 0.725. The van der Waals surface area contributed by atoms with Crippen LogP contribution in [0.1, 0.15) is 21.5 Å². The Morgan fingerprint density at radius 2 is 2.00 bits per heavy atom. The molecule has 0 bridgehead atoms. The molecule has 5 heteroatoms. The Labute approximate surface area is 91.0 Å². The first kappa shape index (κ1) is 12.7. The van der Waals surface area contributed by atoms with Crippen molar-refractivity contribution in [2.45, 2.75) is 19.7 Å². The first-order chi connectivity index (χ1) is 7.36. The van der Waals surface area contributed by atoms with Gasteiger partial charge in [0.1, 0.15) is 0 Å². The van der Waals surface area contributed by atoms with E-state index in [1.165, 1.54) is 32.2 Å². The fourth-order valence-corrected chi connectivity index (χ4v) is 1.39. The standard InChI is InChI=1S/C11H11F3O2/c1-7-5-8(6-16-2)3-4-9(7)10(15)11(12,13)14/h3-5H,6H2,1-2H3. The normalized spacial score (nSPS) is 11.6. The highest BCUT2D eigenvalue weighted by atomic mass is 19.4. The number of benzene rings is 1. The van der Waals surface area contributed by atoms with E-state index in [4.69, 9.17) is 4.74 Å².